The highest BCUT2D eigenvalue weighted by molar-refractivity contribution is 5.81. The van der Waals surface area contributed by atoms with E-state index in [2.05, 4.69) is 0 Å². The minimum Gasteiger partial charge on any atom is -0.459 e. The van der Waals surface area contributed by atoms with E-state index in [1.165, 1.54) is 0 Å². The Kier molecular flexibility index (Phi) is 5.22. The lowest BCUT2D eigenvalue weighted by Gasteiger charge is -2.31. The molecule has 0 aromatic carbocycles. The summed E-state index contributed by atoms with van der Waals surface area (Å²) in [6.45, 7) is 9.15. The number of likely N-dealkylation sites (tertiary alicyclic amines) is 1. The summed E-state index contributed by atoms with van der Waals surface area (Å²) in [5.41, 5.74) is -0.487. The van der Waals surface area contributed by atoms with Gasteiger partial charge in [-0.25, -0.2) is 0 Å². The summed E-state index contributed by atoms with van der Waals surface area (Å²) in [6, 6.07) is -0.283. The Morgan fingerprint density at radius 3 is 2.48 bits per heavy atom. The standard InChI is InChI=1S/C15H26N2O4/c1-15(2,3)21-14(19)12-5-4-6-17(12)11-13(18)16-7-9-20-10-8-16/h12H,4-11H2,1-3H3/t12-/m0/s1. The summed E-state index contributed by atoms with van der Waals surface area (Å²) >= 11 is 0. The van der Waals surface area contributed by atoms with Crippen molar-refractivity contribution in [2.24, 2.45) is 0 Å². The molecule has 2 saturated heterocycles. The van der Waals surface area contributed by atoms with Crippen molar-refractivity contribution in [1.82, 2.24) is 9.80 Å². The van der Waals surface area contributed by atoms with Gasteiger partial charge in [0.15, 0.2) is 0 Å². The zero-order valence-corrected chi connectivity index (χ0v) is 13.3. The summed E-state index contributed by atoms with van der Waals surface area (Å²) in [4.78, 5) is 28.3. The Morgan fingerprint density at radius 2 is 1.86 bits per heavy atom. The van der Waals surface area contributed by atoms with Gasteiger partial charge in [-0.1, -0.05) is 0 Å². The van der Waals surface area contributed by atoms with Crippen LogP contribution in [0.5, 0.6) is 0 Å². The Morgan fingerprint density at radius 1 is 1.19 bits per heavy atom. The molecule has 0 spiro atoms. The first kappa shape index (κ1) is 16.2. The van der Waals surface area contributed by atoms with Gasteiger partial charge >= 0.3 is 5.97 Å². The predicted molar refractivity (Wildman–Crippen MR) is 77.8 cm³/mol. The van der Waals surface area contributed by atoms with Crippen molar-refractivity contribution < 1.29 is 19.1 Å². The Labute approximate surface area is 126 Å². The second-order valence-corrected chi connectivity index (χ2v) is 6.66. The van der Waals surface area contributed by atoms with E-state index in [1.54, 1.807) is 0 Å². The number of ether oxygens (including phenoxy) is 2. The molecule has 0 N–H and O–H groups in total. The molecule has 120 valence electrons. The fourth-order valence-electron chi connectivity index (χ4n) is 2.74. The Bertz CT molecular complexity index is 386. The van der Waals surface area contributed by atoms with Crippen molar-refractivity contribution in [2.45, 2.75) is 45.3 Å². The van der Waals surface area contributed by atoms with Crippen LogP contribution < -0.4 is 0 Å². The van der Waals surface area contributed by atoms with Crippen LogP contribution in [0.3, 0.4) is 0 Å². The van der Waals surface area contributed by atoms with Gasteiger partial charge in [0.2, 0.25) is 5.91 Å². The van der Waals surface area contributed by atoms with Crippen LogP contribution in [0.4, 0.5) is 0 Å². The molecule has 1 atom stereocenters. The minimum absolute atomic E-state index is 0.0776. The average Bonchev–Trinajstić information content (AvgIpc) is 2.86. The van der Waals surface area contributed by atoms with Crippen LogP contribution in [0.1, 0.15) is 33.6 Å². The lowest BCUT2D eigenvalue weighted by molar-refractivity contribution is -0.160. The fraction of sp³-hybridized carbons (Fsp3) is 0.867. The van der Waals surface area contributed by atoms with Crippen molar-refractivity contribution >= 4 is 11.9 Å². The van der Waals surface area contributed by atoms with E-state index >= 15 is 0 Å². The molecule has 2 heterocycles. The number of hydrogen-bond acceptors (Lipinski definition) is 5. The van der Waals surface area contributed by atoms with Crippen LogP contribution in [0.25, 0.3) is 0 Å². The number of nitrogens with zero attached hydrogens (tertiary/aromatic N) is 2. The average molecular weight is 298 g/mol. The number of hydrogen-bond donors (Lipinski definition) is 0. The van der Waals surface area contributed by atoms with Crippen LogP contribution in [0, 0.1) is 0 Å². The summed E-state index contributed by atoms with van der Waals surface area (Å²) in [6.07, 6.45) is 1.70. The number of esters is 1. The Hall–Kier alpha value is -1.14. The van der Waals surface area contributed by atoms with Gasteiger partial charge in [-0.05, 0) is 40.2 Å². The van der Waals surface area contributed by atoms with Crippen molar-refractivity contribution in [3.63, 3.8) is 0 Å². The van der Waals surface area contributed by atoms with Crippen LogP contribution in [0.2, 0.25) is 0 Å². The number of amides is 1. The van der Waals surface area contributed by atoms with Gasteiger partial charge in [0.05, 0.1) is 19.8 Å². The maximum absolute atomic E-state index is 12.3. The van der Waals surface area contributed by atoms with Gasteiger partial charge < -0.3 is 14.4 Å². The summed E-state index contributed by atoms with van der Waals surface area (Å²) < 4.78 is 10.7. The highest BCUT2D eigenvalue weighted by atomic mass is 16.6. The van der Waals surface area contributed by atoms with Gasteiger partial charge in [0.25, 0.3) is 0 Å². The van der Waals surface area contributed by atoms with Gasteiger partial charge in [-0.2, -0.15) is 0 Å². The molecule has 6 nitrogen and oxygen atoms in total. The van der Waals surface area contributed by atoms with Crippen molar-refractivity contribution in [3.05, 3.63) is 0 Å². The molecule has 2 aliphatic heterocycles. The number of carbonyl (C=O) groups is 2. The summed E-state index contributed by atoms with van der Waals surface area (Å²) in [5, 5.41) is 0. The molecule has 0 saturated carbocycles. The van der Waals surface area contributed by atoms with E-state index in [1.807, 2.05) is 30.6 Å². The van der Waals surface area contributed by atoms with E-state index < -0.39 is 5.60 Å². The summed E-state index contributed by atoms with van der Waals surface area (Å²) in [5.74, 6) is -0.136. The first-order valence-electron chi connectivity index (χ1n) is 7.69. The number of carbonyl (C=O) groups excluding carboxylic acids is 2. The van der Waals surface area contributed by atoms with E-state index in [0.717, 1.165) is 19.4 Å². The molecule has 2 aliphatic rings. The van der Waals surface area contributed by atoms with E-state index in [4.69, 9.17) is 9.47 Å². The molecule has 0 aromatic heterocycles. The second-order valence-electron chi connectivity index (χ2n) is 6.66. The fourth-order valence-corrected chi connectivity index (χ4v) is 2.74. The molecule has 0 unspecified atom stereocenters. The molecule has 0 aromatic rings. The molecule has 6 heteroatoms. The van der Waals surface area contributed by atoms with Gasteiger partial charge in [0, 0.05) is 13.1 Å². The molecular formula is C15H26N2O4. The van der Waals surface area contributed by atoms with E-state index in [0.29, 0.717) is 32.8 Å². The van der Waals surface area contributed by atoms with Crippen LogP contribution in [-0.2, 0) is 19.1 Å². The maximum Gasteiger partial charge on any atom is 0.323 e. The first-order chi connectivity index (χ1) is 9.87. The third-order valence-electron chi connectivity index (χ3n) is 3.74. The first-order valence-corrected chi connectivity index (χ1v) is 7.69. The maximum atomic E-state index is 12.3. The van der Waals surface area contributed by atoms with Crippen LogP contribution in [0.15, 0.2) is 0 Å². The second kappa shape index (κ2) is 6.75. The third-order valence-corrected chi connectivity index (χ3v) is 3.74. The largest absolute Gasteiger partial charge is 0.459 e. The molecule has 0 radical (unpaired) electrons. The molecule has 0 aliphatic carbocycles. The van der Waals surface area contributed by atoms with Gasteiger partial charge in [0.1, 0.15) is 11.6 Å². The number of rotatable bonds is 3. The molecule has 0 bridgehead atoms. The lowest BCUT2D eigenvalue weighted by atomic mass is 10.1. The van der Waals surface area contributed by atoms with Crippen LogP contribution >= 0.6 is 0 Å². The smallest absolute Gasteiger partial charge is 0.323 e. The minimum atomic E-state index is -0.487. The van der Waals surface area contributed by atoms with E-state index in [-0.39, 0.29) is 17.9 Å². The SMILES string of the molecule is CC(C)(C)OC(=O)[C@@H]1CCCN1CC(=O)N1CCOCC1. The monoisotopic (exact) mass is 298 g/mol. The molecular weight excluding hydrogens is 272 g/mol. The number of morpholine rings is 1. The highest BCUT2D eigenvalue weighted by Gasteiger charge is 2.35. The predicted octanol–water partition coefficient (Wildman–Crippen LogP) is 0.651. The van der Waals surface area contributed by atoms with Gasteiger partial charge in [-0.3, -0.25) is 14.5 Å². The molecule has 21 heavy (non-hydrogen) atoms. The van der Waals surface area contributed by atoms with Crippen molar-refractivity contribution in [3.8, 4) is 0 Å². The topological polar surface area (TPSA) is 59.1 Å². The van der Waals surface area contributed by atoms with E-state index in [9.17, 15) is 9.59 Å². The molecule has 1 amide bonds. The van der Waals surface area contributed by atoms with Crippen molar-refractivity contribution in [2.75, 3.05) is 39.4 Å². The highest BCUT2D eigenvalue weighted by Crippen LogP contribution is 2.21. The van der Waals surface area contributed by atoms with Crippen LogP contribution in [-0.4, -0.2) is 72.7 Å². The molecule has 2 rings (SSSR count). The quantitative estimate of drug-likeness (QED) is 0.716. The Balaban J connectivity index is 1.89. The third kappa shape index (κ3) is 4.68. The zero-order valence-electron chi connectivity index (χ0n) is 13.3. The van der Waals surface area contributed by atoms with Gasteiger partial charge in [-0.15, -0.1) is 0 Å². The lowest BCUT2D eigenvalue weighted by Crippen LogP contribution is -2.48. The zero-order chi connectivity index (χ0) is 15.5. The molecule has 2 fully saturated rings. The normalized spacial score (nSPS) is 24.1. The summed E-state index contributed by atoms with van der Waals surface area (Å²) in [7, 11) is 0. The van der Waals surface area contributed by atoms with Crippen molar-refractivity contribution in [1.29, 1.82) is 0 Å².